The third kappa shape index (κ3) is 4.45. The fourth-order valence-electron chi connectivity index (χ4n) is 2.63. The molecule has 0 spiro atoms. The van der Waals surface area contributed by atoms with E-state index in [1.54, 1.807) is 0 Å². The standard InChI is InChI=1S/C22H18Cl2O/c23-15-16-25-20-13-11-18(12-14-20)21(17-7-3-1-4-8-17)22(24)19-9-5-2-6-10-19/h1-14H,15-16H2/b22-21-. The van der Waals surface area contributed by atoms with Crippen LogP contribution in [0.5, 0.6) is 5.75 Å². The second kappa shape index (κ2) is 8.75. The molecule has 0 heterocycles. The zero-order valence-electron chi connectivity index (χ0n) is 13.7. The van der Waals surface area contributed by atoms with Gasteiger partial charge in [-0.25, -0.2) is 0 Å². The van der Waals surface area contributed by atoms with E-state index in [1.165, 1.54) is 0 Å². The molecule has 25 heavy (non-hydrogen) atoms. The first kappa shape index (κ1) is 17.6. The lowest BCUT2D eigenvalue weighted by atomic mass is 9.95. The maximum absolute atomic E-state index is 6.80. The summed E-state index contributed by atoms with van der Waals surface area (Å²) in [6, 6.07) is 28.1. The van der Waals surface area contributed by atoms with E-state index in [-0.39, 0.29) is 0 Å². The summed E-state index contributed by atoms with van der Waals surface area (Å²) in [6.45, 7) is 0.493. The van der Waals surface area contributed by atoms with Crippen molar-refractivity contribution >= 4 is 33.8 Å². The van der Waals surface area contributed by atoms with Crippen molar-refractivity contribution in [3.63, 3.8) is 0 Å². The van der Waals surface area contributed by atoms with E-state index in [2.05, 4.69) is 12.1 Å². The second-order valence-corrected chi connectivity index (χ2v) is 6.24. The van der Waals surface area contributed by atoms with Gasteiger partial charge in [-0.1, -0.05) is 84.4 Å². The first-order valence-electron chi connectivity index (χ1n) is 8.09. The number of benzene rings is 3. The molecular weight excluding hydrogens is 351 g/mol. The van der Waals surface area contributed by atoms with Gasteiger partial charge >= 0.3 is 0 Å². The van der Waals surface area contributed by atoms with Crippen LogP contribution in [0.2, 0.25) is 0 Å². The minimum atomic E-state index is 0.469. The highest BCUT2D eigenvalue weighted by molar-refractivity contribution is 6.53. The highest BCUT2D eigenvalue weighted by Crippen LogP contribution is 2.35. The van der Waals surface area contributed by atoms with Crippen LogP contribution < -0.4 is 4.74 Å². The molecule has 126 valence electrons. The maximum Gasteiger partial charge on any atom is 0.119 e. The molecule has 3 aromatic carbocycles. The minimum Gasteiger partial charge on any atom is -0.492 e. The fraction of sp³-hybridized carbons (Fsp3) is 0.0909. The van der Waals surface area contributed by atoms with Crippen LogP contribution in [0.1, 0.15) is 16.7 Å². The Morgan fingerprint density at radius 2 is 1.20 bits per heavy atom. The van der Waals surface area contributed by atoms with Crippen LogP contribution in [0.15, 0.2) is 84.9 Å². The molecule has 1 nitrogen and oxygen atoms in total. The zero-order chi connectivity index (χ0) is 17.5. The summed E-state index contributed by atoms with van der Waals surface area (Å²) >= 11 is 12.5. The van der Waals surface area contributed by atoms with Crippen molar-refractivity contribution in [2.45, 2.75) is 0 Å². The molecule has 0 saturated heterocycles. The van der Waals surface area contributed by atoms with Crippen LogP contribution in [-0.4, -0.2) is 12.5 Å². The normalized spacial score (nSPS) is 11.8. The van der Waals surface area contributed by atoms with Crippen LogP contribution in [0.25, 0.3) is 10.6 Å². The van der Waals surface area contributed by atoms with Crippen LogP contribution in [0.4, 0.5) is 0 Å². The van der Waals surface area contributed by atoms with Gasteiger partial charge in [0.25, 0.3) is 0 Å². The molecule has 0 radical (unpaired) electrons. The summed E-state index contributed by atoms with van der Waals surface area (Å²) in [5, 5.41) is 0.723. The quantitative estimate of drug-likeness (QED) is 0.358. The molecule has 0 aliphatic heterocycles. The maximum atomic E-state index is 6.80. The van der Waals surface area contributed by atoms with Crippen molar-refractivity contribution in [1.82, 2.24) is 0 Å². The van der Waals surface area contributed by atoms with E-state index >= 15 is 0 Å². The molecule has 0 saturated carbocycles. The third-order valence-electron chi connectivity index (χ3n) is 3.80. The molecule has 0 N–H and O–H groups in total. The Morgan fingerprint density at radius 3 is 1.76 bits per heavy atom. The molecule has 0 unspecified atom stereocenters. The molecule has 0 aliphatic carbocycles. The van der Waals surface area contributed by atoms with Gasteiger partial charge in [0, 0.05) is 5.57 Å². The number of hydrogen-bond acceptors (Lipinski definition) is 1. The van der Waals surface area contributed by atoms with E-state index < -0.39 is 0 Å². The van der Waals surface area contributed by atoms with Gasteiger partial charge in [0.1, 0.15) is 12.4 Å². The van der Waals surface area contributed by atoms with Gasteiger partial charge in [-0.15, -0.1) is 11.6 Å². The predicted molar refractivity (Wildman–Crippen MR) is 107 cm³/mol. The summed E-state index contributed by atoms with van der Waals surface area (Å²) in [4.78, 5) is 0. The number of hydrogen-bond donors (Lipinski definition) is 0. The smallest absolute Gasteiger partial charge is 0.119 e. The average Bonchev–Trinajstić information content (AvgIpc) is 2.69. The second-order valence-electron chi connectivity index (χ2n) is 5.48. The third-order valence-corrected chi connectivity index (χ3v) is 4.36. The van der Waals surface area contributed by atoms with Crippen molar-refractivity contribution in [3.05, 3.63) is 102 Å². The molecular formula is C22H18Cl2O. The summed E-state index contributed by atoms with van der Waals surface area (Å²) < 4.78 is 5.56. The average molecular weight is 369 g/mol. The van der Waals surface area contributed by atoms with Gasteiger partial charge in [-0.2, -0.15) is 0 Å². The van der Waals surface area contributed by atoms with Gasteiger partial charge in [-0.3, -0.25) is 0 Å². The molecule has 0 bridgehead atoms. The van der Waals surface area contributed by atoms with E-state index in [0.717, 1.165) is 33.0 Å². The number of rotatable bonds is 6. The monoisotopic (exact) mass is 368 g/mol. The lowest BCUT2D eigenvalue weighted by Crippen LogP contribution is -1.98. The van der Waals surface area contributed by atoms with Gasteiger partial charge in [0.05, 0.1) is 10.9 Å². The lowest BCUT2D eigenvalue weighted by Gasteiger charge is -2.13. The molecule has 0 atom stereocenters. The van der Waals surface area contributed by atoms with E-state index in [0.29, 0.717) is 12.5 Å². The van der Waals surface area contributed by atoms with E-state index in [9.17, 15) is 0 Å². The van der Waals surface area contributed by atoms with Gasteiger partial charge < -0.3 is 4.74 Å². The summed E-state index contributed by atoms with van der Waals surface area (Å²) in [5.41, 5.74) is 4.10. The van der Waals surface area contributed by atoms with Crippen molar-refractivity contribution in [3.8, 4) is 5.75 Å². The SMILES string of the molecule is ClCCOc1ccc(/C(=C(\Cl)c2ccccc2)c2ccccc2)cc1. The molecule has 3 aromatic rings. The summed E-state index contributed by atoms with van der Waals surface area (Å²) in [5.74, 6) is 1.27. The highest BCUT2D eigenvalue weighted by Gasteiger charge is 2.12. The largest absolute Gasteiger partial charge is 0.492 e. The fourth-order valence-corrected chi connectivity index (χ4v) is 3.05. The van der Waals surface area contributed by atoms with Gasteiger partial charge in [0.15, 0.2) is 0 Å². The Labute approximate surface area is 158 Å². The van der Waals surface area contributed by atoms with Gasteiger partial charge in [0.2, 0.25) is 0 Å². The van der Waals surface area contributed by atoms with Crippen molar-refractivity contribution in [2.75, 3.05) is 12.5 Å². The molecule has 3 rings (SSSR count). The molecule has 0 amide bonds. The van der Waals surface area contributed by atoms with Gasteiger partial charge in [-0.05, 0) is 28.8 Å². The van der Waals surface area contributed by atoms with E-state index in [4.69, 9.17) is 27.9 Å². The van der Waals surface area contributed by atoms with Crippen molar-refractivity contribution in [1.29, 1.82) is 0 Å². The Bertz CT molecular complexity index is 825. The molecule has 0 fully saturated rings. The first-order chi connectivity index (χ1) is 12.3. The molecule has 0 aromatic heterocycles. The van der Waals surface area contributed by atoms with Crippen molar-refractivity contribution < 1.29 is 4.74 Å². The number of halogens is 2. The molecule has 0 aliphatic rings. The van der Waals surface area contributed by atoms with Crippen LogP contribution >= 0.6 is 23.2 Å². The Balaban J connectivity index is 2.06. The van der Waals surface area contributed by atoms with Crippen LogP contribution in [0, 0.1) is 0 Å². The highest BCUT2D eigenvalue weighted by atomic mass is 35.5. The Hall–Kier alpha value is -2.22. The van der Waals surface area contributed by atoms with Crippen molar-refractivity contribution in [2.24, 2.45) is 0 Å². The number of ether oxygens (including phenoxy) is 1. The molecule has 3 heteroatoms. The Morgan fingerprint density at radius 1 is 0.680 bits per heavy atom. The summed E-state index contributed by atoms with van der Waals surface area (Å²) in [6.07, 6.45) is 0. The summed E-state index contributed by atoms with van der Waals surface area (Å²) in [7, 11) is 0. The topological polar surface area (TPSA) is 9.23 Å². The minimum absolute atomic E-state index is 0.469. The first-order valence-corrected chi connectivity index (χ1v) is 9.00. The zero-order valence-corrected chi connectivity index (χ0v) is 15.2. The number of alkyl halides is 1. The van der Waals surface area contributed by atoms with Crippen LogP contribution in [0.3, 0.4) is 0 Å². The Kier molecular flexibility index (Phi) is 6.16. The predicted octanol–water partition coefficient (Wildman–Crippen LogP) is 6.46. The van der Waals surface area contributed by atoms with E-state index in [1.807, 2.05) is 72.8 Å². The van der Waals surface area contributed by atoms with Crippen LogP contribution in [-0.2, 0) is 0 Å². The lowest BCUT2D eigenvalue weighted by molar-refractivity contribution is 0.343.